The van der Waals surface area contributed by atoms with Crippen LogP contribution in [0.4, 0.5) is 4.39 Å². The molecule has 0 saturated heterocycles. The van der Waals surface area contributed by atoms with Crippen molar-refractivity contribution in [1.82, 2.24) is 0 Å². The molecule has 0 bridgehead atoms. The van der Waals surface area contributed by atoms with Crippen molar-refractivity contribution in [3.8, 4) is 6.07 Å². The second-order valence-electron chi connectivity index (χ2n) is 2.63. The van der Waals surface area contributed by atoms with E-state index in [1.807, 2.05) is 6.07 Å². The van der Waals surface area contributed by atoms with Crippen molar-refractivity contribution in [2.45, 2.75) is 12.5 Å². The van der Waals surface area contributed by atoms with E-state index in [4.69, 9.17) is 11.0 Å². The lowest BCUT2D eigenvalue weighted by Crippen LogP contribution is -2.11. The lowest BCUT2D eigenvalue weighted by molar-refractivity contribution is 0.584. The van der Waals surface area contributed by atoms with Crippen molar-refractivity contribution in [3.63, 3.8) is 0 Å². The number of nitriles is 1. The van der Waals surface area contributed by atoms with Crippen molar-refractivity contribution in [2.75, 3.05) is 0 Å². The number of benzene rings is 1. The van der Waals surface area contributed by atoms with Crippen LogP contribution in [0.2, 0.25) is 0 Å². The zero-order chi connectivity index (χ0) is 9.84. The Balaban J connectivity index is 0.00000169. The molecule has 0 saturated carbocycles. The molecule has 1 atom stereocenters. The third-order valence-electron chi connectivity index (χ3n) is 1.67. The van der Waals surface area contributed by atoms with Crippen molar-refractivity contribution < 1.29 is 4.39 Å². The van der Waals surface area contributed by atoms with Crippen molar-refractivity contribution in [1.29, 1.82) is 5.26 Å². The summed E-state index contributed by atoms with van der Waals surface area (Å²) >= 11 is 3.21. The summed E-state index contributed by atoms with van der Waals surface area (Å²) < 4.78 is 13.9. The summed E-state index contributed by atoms with van der Waals surface area (Å²) in [5, 5.41) is 8.39. The quantitative estimate of drug-likeness (QED) is 0.905. The first-order chi connectivity index (χ1) is 6.15. The highest BCUT2D eigenvalue weighted by Gasteiger charge is 2.10. The molecule has 0 amide bonds. The third kappa shape index (κ3) is 3.26. The van der Waals surface area contributed by atoms with E-state index in [0.29, 0.717) is 5.56 Å². The van der Waals surface area contributed by atoms with Crippen LogP contribution in [0.25, 0.3) is 0 Å². The van der Waals surface area contributed by atoms with Gasteiger partial charge in [-0.05, 0) is 18.2 Å². The Morgan fingerprint density at radius 3 is 2.79 bits per heavy atom. The molecule has 2 N–H and O–H groups in total. The van der Waals surface area contributed by atoms with Gasteiger partial charge >= 0.3 is 0 Å². The summed E-state index contributed by atoms with van der Waals surface area (Å²) in [6.45, 7) is 0. The molecule has 14 heavy (non-hydrogen) atoms. The van der Waals surface area contributed by atoms with Gasteiger partial charge in [0.25, 0.3) is 0 Å². The van der Waals surface area contributed by atoms with Crippen LogP contribution >= 0.6 is 28.3 Å². The smallest absolute Gasteiger partial charge is 0.128 e. The fourth-order valence-electron chi connectivity index (χ4n) is 1.01. The van der Waals surface area contributed by atoms with Crippen LogP contribution in [-0.2, 0) is 0 Å². The monoisotopic (exact) mass is 278 g/mol. The number of hydrogen-bond donors (Lipinski definition) is 1. The zero-order valence-electron chi connectivity index (χ0n) is 7.21. The van der Waals surface area contributed by atoms with Gasteiger partial charge in [-0.15, -0.1) is 12.4 Å². The highest BCUT2D eigenvalue weighted by molar-refractivity contribution is 9.10. The summed E-state index contributed by atoms with van der Waals surface area (Å²) in [4.78, 5) is 0. The van der Waals surface area contributed by atoms with E-state index in [0.717, 1.165) is 4.47 Å². The van der Waals surface area contributed by atoms with Gasteiger partial charge < -0.3 is 5.73 Å². The molecule has 0 aliphatic heterocycles. The standard InChI is InChI=1S/C9H8BrFN2.ClH/c10-6-1-2-8(11)7(5-6)9(13)3-4-12;/h1-2,5,9H,3,13H2;1H/t9-;/m0./s1. The van der Waals surface area contributed by atoms with Crippen LogP contribution in [-0.4, -0.2) is 0 Å². The number of hydrogen-bond acceptors (Lipinski definition) is 2. The molecule has 1 aromatic carbocycles. The van der Waals surface area contributed by atoms with E-state index >= 15 is 0 Å². The van der Waals surface area contributed by atoms with E-state index in [9.17, 15) is 4.39 Å². The normalized spacial score (nSPS) is 11.3. The largest absolute Gasteiger partial charge is 0.323 e. The van der Waals surface area contributed by atoms with Crippen molar-refractivity contribution in [3.05, 3.63) is 34.1 Å². The Morgan fingerprint density at radius 2 is 2.21 bits per heavy atom. The van der Waals surface area contributed by atoms with E-state index in [1.165, 1.54) is 6.07 Å². The second-order valence-corrected chi connectivity index (χ2v) is 3.55. The van der Waals surface area contributed by atoms with E-state index in [-0.39, 0.29) is 24.6 Å². The van der Waals surface area contributed by atoms with Crippen LogP contribution < -0.4 is 5.73 Å². The van der Waals surface area contributed by atoms with E-state index in [1.54, 1.807) is 12.1 Å². The third-order valence-corrected chi connectivity index (χ3v) is 2.16. The minimum atomic E-state index is -0.553. The van der Waals surface area contributed by atoms with Crippen LogP contribution in [0.3, 0.4) is 0 Å². The molecule has 0 aliphatic rings. The average molecular weight is 280 g/mol. The molecule has 0 aliphatic carbocycles. The lowest BCUT2D eigenvalue weighted by Gasteiger charge is -2.08. The fourth-order valence-corrected chi connectivity index (χ4v) is 1.39. The topological polar surface area (TPSA) is 49.8 Å². The van der Waals surface area contributed by atoms with Gasteiger partial charge in [0.1, 0.15) is 5.82 Å². The zero-order valence-corrected chi connectivity index (χ0v) is 9.61. The highest BCUT2D eigenvalue weighted by atomic mass is 79.9. The Kier molecular flexibility index (Phi) is 5.70. The highest BCUT2D eigenvalue weighted by Crippen LogP contribution is 2.21. The first-order valence-electron chi connectivity index (χ1n) is 3.72. The maximum atomic E-state index is 13.1. The van der Waals surface area contributed by atoms with Crippen molar-refractivity contribution in [2.24, 2.45) is 5.73 Å². The maximum Gasteiger partial charge on any atom is 0.128 e. The molecule has 0 heterocycles. The molecule has 76 valence electrons. The van der Waals surface area contributed by atoms with Crippen LogP contribution in [0.15, 0.2) is 22.7 Å². The molecular weight excluding hydrogens is 270 g/mol. The molecule has 1 rings (SSSR count). The predicted octanol–water partition coefficient (Wildman–Crippen LogP) is 2.92. The Hall–Kier alpha value is -0.630. The SMILES string of the molecule is Cl.N#CC[C@H](N)c1cc(Br)ccc1F. The summed E-state index contributed by atoms with van der Waals surface area (Å²) in [7, 11) is 0. The van der Waals surface area contributed by atoms with Crippen LogP contribution in [0, 0.1) is 17.1 Å². The van der Waals surface area contributed by atoms with Gasteiger partial charge in [-0.1, -0.05) is 15.9 Å². The van der Waals surface area contributed by atoms with Gasteiger partial charge in [-0.2, -0.15) is 5.26 Å². The second kappa shape index (κ2) is 5.97. The van der Waals surface area contributed by atoms with Gasteiger partial charge in [0, 0.05) is 16.1 Å². The summed E-state index contributed by atoms with van der Waals surface area (Å²) in [5.41, 5.74) is 5.96. The summed E-state index contributed by atoms with van der Waals surface area (Å²) in [5.74, 6) is -0.369. The number of rotatable bonds is 2. The van der Waals surface area contributed by atoms with Gasteiger partial charge in [0.2, 0.25) is 0 Å². The van der Waals surface area contributed by atoms with Gasteiger partial charge in [-0.25, -0.2) is 4.39 Å². The minimum absolute atomic E-state index is 0. The predicted molar refractivity (Wildman–Crippen MR) is 58.5 cm³/mol. The lowest BCUT2D eigenvalue weighted by atomic mass is 10.1. The van der Waals surface area contributed by atoms with Crippen LogP contribution in [0.1, 0.15) is 18.0 Å². The van der Waals surface area contributed by atoms with Gasteiger partial charge in [-0.3, -0.25) is 0 Å². The minimum Gasteiger partial charge on any atom is -0.323 e. The number of halogens is 3. The fraction of sp³-hybridized carbons (Fsp3) is 0.222. The van der Waals surface area contributed by atoms with Crippen LogP contribution in [0.5, 0.6) is 0 Å². The van der Waals surface area contributed by atoms with Gasteiger partial charge in [0.05, 0.1) is 12.5 Å². The Labute approximate surface area is 96.4 Å². The molecule has 0 spiro atoms. The molecule has 2 nitrogen and oxygen atoms in total. The molecule has 1 aromatic rings. The molecular formula is C9H9BrClFN2. The molecule has 0 fully saturated rings. The summed E-state index contributed by atoms with van der Waals surface area (Å²) in [6, 6.07) is 5.87. The first-order valence-corrected chi connectivity index (χ1v) is 4.52. The number of nitrogens with two attached hydrogens (primary N) is 1. The van der Waals surface area contributed by atoms with Gasteiger partial charge in [0.15, 0.2) is 0 Å². The average Bonchev–Trinajstić information content (AvgIpc) is 2.09. The Bertz CT molecular complexity index is 351. The molecule has 5 heteroatoms. The number of nitrogens with zero attached hydrogens (tertiary/aromatic N) is 1. The van der Waals surface area contributed by atoms with E-state index < -0.39 is 6.04 Å². The van der Waals surface area contributed by atoms with E-state index in [2.05, 4.69) is 15.9 Å². The molecule has 0 unspecified atom stereocenters. The Morgan fingerprint density at radius 1 is 1.57 bits per heavy atom. The first kappa shape index (κ1) is 13.4. The maximum absolute atomic E-state index is 13.1. The molecule has 0 radical (unpaired) electrons. The van der Waals surface area contributed by atoms with Crippen molar-refractivity contribution >= 4 is 28.3 Å². The molecule has 0 aromatic heterocycles. The summed E-state index contributed by atoms with van der Waals surface area (Å²) in [6.07, 6.45) is 0.118.